The van der Waals surface area contributed by atoms with Crippen LogP contribution in [0.4, 0.5) is 0 Å². The van der Waals surface area contributed by atoms with Crippen molar-refractivity contribution in [3.05, 3.63) is 106 Å². The number of benzene rings is 3. The number of nitrogens with one attached hydrogen (secondary N) is 1. The summed E-state index contributed by atoms with van der Waals surface area (Å²) in [6.07, 6.45) is 1.98. The van der Waals surface area contributed by atoms with Gasteiger partial charge in [-0.25, -0.2) is 4.79 Å². The van der Waals surface area contributed by atoms with E-state index in [1.54, 1.807) is 24.3 Å². The second kappa shape index (κ2) is 9.71. The smallest absolute Gasteiger partial charge is 0.345 e. The molecule has 166 valence electrons. The molecule has 0 aliphatic heterocycles. The highest BCUT2D eigenvalue weighted by atomic mass is 35.5. The molecule has 0 atom stereocenters. The molecule has 4 aromatic rings. The number of aryl methyl sites for hydroxylation is 1. The minimum Gasteiger partial charge on any atom is -0.392 e. The van der Waals surface area contributed by atoms with E-state index in [4.69, 9.17) is 11.6 Å². The maximum Gasteiger partial charge on any atom is 0.345 e. The third-order valence-electron chi connectivity index (χ3n) is 5.31. The van der Waals surface area contributed by atoms with Gasteiger partial charge in [0.1, 0.15) is 0 Å². The zero-order valence-electron chi connectivity index (χ0n) is 17.9. The van der Waals surface area contributed by atoms with Gasteiger partial charge in [0, 0.05) is 29.7 Å². The first kappa shape index (κ1) is 22.3. The van der Waals surface area contributed by atoms with Crippen molar-refractivity contribution < 1.29 is 19.1 Å². The molecule has 0 fully saturated rings. The first-order valence-corrected chi connectivity index (χ1v) is 10.7. The number of rotatable bonds is 7. The van der Waals surface area contributed by atoms with Gasteiger partial charge in [-0.1, -0.05) is 35.9 Å². The average molecular weight is 461 g/mol. The number of nitrogens with zero attached hydrogens (tertiary/aromatic N) is 1. The van der Waals surface area contributed by atoms with Crippen LogP contribution in [0.25, 0.3) is 10.9 Å². The minimum atomic E-state index is -0.718. The monoisotopic (exact) mass is 460 g/mol. The lowest BCUT2D eigenvalue weighted by Crippen LogP contribution is -2.23. The third-order valence-corrected chi connectivity index (χ3v) is 5.57. The van der Waals surface area contributed by atoms with E-state index in [0.29, 0.717) is 17.1 Å². The summed E-state index contributed by atoms with van der Waals surface area (Å²) >= 11 is 6.00. The Morgan fingerprint density at radius 1 is 1.00 bits per heavy atom. The van der Waals surface area contributed by atoms with E-state index in [-0.39, 0.29) is 24.5 Å². The predicted molar refractivity (Wildman–Crippen MR) is 126 cm³/mol. The SMILES string of the molecule is Cc1cc(C(=O)NCc2ccc(C(=O)OC=O)cc2)c2c(ccn2Cc2ccc(Cl)cc2)c1. The van der Waals surface area contributed by atoms with E-state index in [2.05, 4.69) is 20.7 Å². The molecule has 33 heavy (non-hydrogen) atoms. The van der Waals surface area contributed by atoms with Crippen LogP contribution in [0.2, 0.25) is 5.02 Å². The molecule has 6 nitrogen and oxygen atoms in total. The Kier molecular flexibility index (Phi) is 6.56. The van der Waals surface area contributed by atoms with Gasteiger partial charge in [0.15, 0.2) is 0 Å². The molecule has 1 amide bonds. The van der Waals surface area contributed by atoms with Gasteiger partial charge in [-0.15, -0.1) is 0 Å². The lowest BCUT2D eigenvalue weighted by Gasteiger charge is -2.12. The number of aromatic nitrogens is 1. The summed E-state index contributed by atoms with van der Waals surface area (Å²) in [5.41, 5.74) is 4.60. The summed E-state index contributed by atoms with van der Waals surface area (Å²) in [5, 5.41) is 4.63. The molecule has 0 spiro atoms. The van der Waals surface area contributed by atoms with Crippen molar-refractivity contribution in [2.75, 3.05) is 0 Å². The maximum atomic E-state index is 13.1. The van der Waals surface area contributed by atoms with E-state index >= 15 is 0 Å². The van der Waals surface area contributed by atoms with Crippen LogP contribution in [0, 0.1) is 6.92 Å². The average Bonchev–Trinajstić information content (AvgIpc) is 3.21. The molecule has 1 N–H and O–H groups in total. The normalized spacial score (nSPS) is 10.7. The van der Waals surface area contributed by atoms with E-state index in [9.17, 15) is 14.4 Å². The summed E-state index contributed by atoms with van der Waals surface area (Å²) in [7, 11) is 0. The topological polar surface area (TPSA) is 77.4 Å². The Hall–Kier alpha value is -3.90. The molecule has 0 bridgehead atoms. The quantitative estimate of drug-likeness (QED) is 0.242. The molecule has 0 radical (unpaired) electrons. The molecule has 3 aromatic carbocycles. The first-order chi connectivity index (χ1) is 15.9. The molecule has 1 heterocycles. The van der Waals surface area contributed by atoms with Crippen molar-refractivity contribution >= 4 is 40.9 Å². The summed E-state index contributed by atoms with van der Waals surface area (Å²) in [6.45, 7) is 2.96. The molecule has 0 aliphatic rings. The van der Waals surface area contributed by atoms with E-state index in [0.717, 1.165) is 27.6 Å². The lowest BCUT2D eigenvalue weighted by atomic mass is 10.1. The molecular weight excluding hydrogens is 440 g/mol. The van der Waals surface area contributed by atoms with Crippen molar-refractivity contribution in [1.82, 2.24) is 9.88 Å². The Bertz CT molecular complexity index is 1330. The van der Waals surface area contributed by atoms with Crippen LogP contribution in [-0.2, 0) is 22.6 Å². The highest BCUT2D eigenvalue weighted by Crippen LogP contribution is 2.24. The number of fused-ring (bicyclic) bond motifs is 1. The highest BCUT2D eigenvalue weighted by Gasteiger charge is 2.15. The number of halogens is 1. The van der Waals surface area contributed by atoms with Crippen LogP contribution >= 0.6 is 11.6 Å². The Balaban J connectivity index is 1.55. The van der Waals surface area contributed by atoms with Crippen molar-refractivity contribution in [2.24, 2.45) is 0 Å². The molecule has 1 aromatic heterocycles. The Morgan fingerprint density at radius 2 is 1.70 bits per heavy atom. The van der Waals surface area contributed by atoms with Crippen LogP contribution < -0.4 is 5.32 Å². The number of amides is 1. The number of carbonyl (C=O) groups is 3. The van der Waals surface area contributed by atoms with Gasteiger partial charge in [-0.3, -0.25) is 9.59 Å². The number of carbonyl (C=O) groups excluding carboxylic acids is 3. The van der Waals surface area contributed by atoms with Crippen molar-refractivity contribution in [3.63, 3.8) is 0 Å². The lowest BCUT2D eigenvalue weighted by molar-refractivity contribution is -0.123. The number of esters is 1. The van der Waals surface area contributed by atoms with Crippen molar-refractivity contribution in [1.29, 1.82) is 0 Å². The summed E-state index contributed by atoms with van der Waals surface area (Å²) < 4.78 is 6.39. The van der Waals surface area contributed by atoms with Gasteiger partial charge in [-0.05, 0) is 66.1 Å². The Morgan fingerprint density at radius 3 is 2.39 bits per heavy atom. The maximum absolute atomic E-state index is 13.1. The fourth-order valence-corrected chi connectivity index (χ4v) is 3.86. The standard InChI is InChI=1S/C26H21ClN2O4/c1-17-12-21-10-11-29(15-19-4-8-22(27)9-5-19)24(21)23(13-17)25(31)28-14-18-2-6-20(7-3-18)26(32)33-16-30/h2-13,16H,14-15H2,1H3,(H,28,31). The van der Waals surface area contributed by atoms with E-state index < -0.39 is 5.97 Å². The summed E-state index contributed by atoms with van der Waals surface area (Å²) in [5.74, 6) is -0.909. The van der Waals surface area contributed by atoms with Crippen LogP contribution in [0.3, 0.4) is 0 Å². The van der Waals surface area contributed by atoms with Gasteiger partial charge in [0.25, 0.3) is 5.91 Å². The molecular formula is C26H21ClN2O4. The van der Waals surface area contributed by atoms with Crippen molar-refractivity contribution in [3.8, 4) is 0 Å². The second-order valence-corrected chi connectivity index (χ2v) is 8.14. The number of hydrogen-bond donors (Lipinski definition) is 1. The van der Waals surface area contributed by atoms with Crippen molar-refractivity contribution in [2.45, 2.75) is 20.0 Å². The van der Waals surface area contributed by atoms with Crippen LogP contribution in [0.1, 0.15) is 37.4 Å². The van der Waals surface area contributed by atoms with Crippen LogP contribution in [0.5, 0.6) is 0 Å². The van der Waals surface area contributed by atoms with E-state index in [1.165, 1.54) is 0 Å². The zero-order chi connectivity index (χ0) is 23.4. The Labute approximate surface area is 195 Å². The molecule has 7 heteroatoms. The molecule has 0 saturated carbocycles. The number of hydrogen-bond acceptors (Lipinski definition) is 4. The van der Waals surface area contributed by atoms with Crippen LogP contribution in [-0.4, -0.2) is 22.9 Å². The van der Waals surface area contributed by atoms with Gasteiger partial charge in [0.2, 0.25) is 0 Å². The van der Waals surface area contributed by atoms with Gasteiger partial charge in [0.05, 0.1) is 16.6 Å². The fourth-order valence-electron chi connectivity index (χ4n) is 3.74. The minimum absolute atomic E-state index is 0.0991. The highest BCUT2D eigenvalue weighted by molar-refractivity contribution is 6.30. The second-order valence-electron chi connectivity index (χ2n) is 7.70. The van der Waals surface area contributed by atoms with Gasteiger partial charge >= 0.3 is 12.4 Å². The van der Waals surface area contributed by atoms with Gasteiger partial charge < -0.3 is 14.6 Å². The third kappa shape index (κ3) is 5.13. The summed E-state index contributed by atoms with van der Waals surface area (Å²) in [4.78, 5) is 35.0. The number of ether oxygens (including phenoxy) is 1. The van der Waals surface area contributed by atoms with E-state index in [1.807, 2.05) is 49.5 Å². The van der Waals surface area contributed by atoms with Gasteiger partial charge in [-0.2, -0.15) is 0 Å². The molecule has 4 rings (SSSR count). The first-order valence-electron chi connectivity index (χ1n) is 10.3. The molecule has 0 unspecified atom stereocenters. The zero-order valence-corrected chi connectivity index (χ0v) is 18.6. The fraction of sp³-hybridized carbons (Fsp3) is 0.115. The summed E-state index contributed by atoms with van der Waals surface area (Å²) in [6, 6.07) is 20.1. The molecule has 0 saturated heterocycles. The molecule has 0 aliphatic carbocycles. The predicted octanol–water partition coefficient (Wildman–Crippen LogP) is 4.89. The van der Waals surface area contributed by atoms with Crippen LogP contribution in [0.15, 0.2) is 72.9 Å². The largest absolute Gasteiger partial charge is 0.392 e.